The lowest BCUT2D eigenvalue weighted by atomic mass is 10.2. The maximum absolute atomic E-state index is 4.33. The molecule has 1 heterocycles. The van der Waals surface area contributed by atoms with Gasteiger partial charge in [-0.15, -0.1) is 11.8 Å². The third-order valence-corrected chi connectivity index (χ3v) is 3.77. The molecule has 1 N–H and O–H groups in total. The number of thioether (sulfide) groups is 1. The fourth-order valence-corrected chi connectivity index (χ4v) is 2.78. The molecular weight excluding hydrogens is 204 g/mol. The van der Waals surface area contributed by atoms with Crippen molar-refractivity contribution in [1.29, 1.82) is 0 Å². The summed E-state index contributed by atoms with van der Waals surface area (Å²) < 4.78 is 0. The highest BCUT2D eigenvalue weighted by Crippen LogP contribution is 2.34. The van der Waals surface area contributed by atoms with Crippen molar-refractivity contribution in [3.05, 3.63) is 24.4 Å². The van der Waals surface area contributed by atoms with Crippen LogP contribution in [0.2, 0.25) is 0 Å². The van der Waals surface area contributed by atoms with Crippen molar-refractivity contribution in [1.82, 2.24) is 10.3 Å². The molecule has 0 saturated heterocycles. The zero-order valence-corrected chi connectivity index (χ0v) is 9.96. The summed E-state index contributed by atoms with van der Waals surface area (Å²) in [6.45, 7) is 3.25. The van der Waals surface area contributed by atoms with Gasteiger partial charge in [-0.25, -0.2) is 4.98 Å². The van der Waals surface area contributed by atoms with Crippen LogP contribution in [0, 0.1) is 5.92 Å². The van der Waals surface area contributed by atoms with E-state index in [1.807, 2.05) is 24.0 Å². The largest absolute Gasteiger partial charge is 0.313 e. The summed E-state index contributed by atoms with van der Waals surface area (Å²) in [5.74, 6) is 2.07. The van der Waals surface area contributed by atoms with E-state index >= 15 is 0 Å². The molecule has 2 nitrogen and oxygen atoms in total. The Hall–Kier alpha value is -0.540. The smallest absolute Gasteiger partial charge is 0.0960 e. The predicted molar refractivity (Wildman–Crippen MR) is 65.1 cm³/mol. The zero-order chi connectivity index (χ0) is 10.5. The highest BCUT2D eigenvalue weighted by atomic mass is 32.2. The molecular formula is C12H18N2S. The summed E-state index contributed by atoms with van der Waals surface area (Å²) in [6, 6.07) is 6.78. The van der Waals surface area contributed by atoms with Gasteiger partial charge in [0.15, 0.2) is 0 Å². The third kappa shape index (κ3) is 3.50. The van der Waals surface area contributed by atoms with E-state index in [1.54, 1.807) is 0 Å². The monoisotopic (exact) mass is 222 g/mol. The van der Waals surface area contributed by atoms with Crippen molar-refractivity contribution in [2.45, 2.75) is 30.8 Å². The molecule has 1 unspecified atom stereocenters. The van der Waals surface area contributed by atoms with Crippen LogP contribution in [0.5, 0.6) is 0 Å². The first-order chi connectivity index (χ1) is 7.40. The molecule has 0 aromatic carbocycles. The van der Waals surface area contributed by atoms with Gasteiger partial charge < -0.3 is 5.32 Å². The van der Waals surface area contributed by atoms with Crippen molar-refractivity contribution in [3.63, 3.8) is 0 Å². The summed E-state index contributed by atoms with van der Waals surface area (Å²) >= 11 is 1.86. The van der Waals surface area contributed by atoms with E-state index in [-0.39, 0.29) is 0 Å². The van der Waals surface area contributed by atoms with Gasteiger partial charge in [-0.05, 0) is 37.4 Å². The standard InChI is InChI=1S/C12H18N2S/c1-2-13-11(10-6-7-10)9-15-12-5-3-4-8-14-12/h3-5,8,10-11,13H,2,6-7,9H2,1H3. The van der Waals surface area contributed by atoms with Crippen LogP contribution in [0.1, 0.15) is 19.8 Å². The molecule has 82 valence electrons. The summed E-state index contributed by atoms with van der Waals surface area (Å²) in [4.78, 5) is 4.33. The molecule has 0 spiro atoms. The van der Waals surface area contributed by atoms with Gasteiger partial charge in [-0.3, -0.25) is 0 Å². The average molecular weight is 222 g/mol. The van der Waals surface area contributed by atoms with Crippen LogP contribution in [0.3, 0.4) is 0 Å². The van der Waals surface area contributed by atoms with Gasteiger partial charge in [0, 0.05) is 18.0 Å². The molecule has 0 bridgehead atoms. The Labute approximate surface area is 95.9 Å². The molecule has 1 fully saturated rings. The number of aromatic nitrogens is 1. The first-order valence-electron chi connectivity index (χ1n) is 5.67. The second kappa shape index (κ2) is 5.52. The van der Waals surface area contributed by atoms with Gasteiger partial charge in [-0.1, -0.05) is 13.0 Å². The third-order valence-electron chi connectivity index (χ3n) is 2.71. The van der Waals surface area contributed by atoms with Crippen LogP contribution in [-0.2, 0) is 0 Å². The van der Waals surface area contributed by atoms with E-state index in [2.05, 4.69) is 29.4 Å². The molecule has 0 amide bonds. The van der Waals surface area contributed by atoms with Crippen molar-refractivity contribution >= 4 is 11.8 Å². The Bertz CT molecular complexity index is 285. The summed E-state index contributed by atoms with van der Waals surface area (Å²) in [6.07, 6.45) is 4.67. The van der Waals surface area contributed by atoms with E-state index < -0.39 is 0 Å². The topological polar surface area (TPSA) is 24.9 Å². The number of pyridine rings is 1. The molecule has 1 saturated carbocycles. The van der Waals surface area contributed by atoms with E-state index in [4.69, 9.17) is 0 Å². The minimum Gasteiger partial charge on any atom is -0.313 e. The molecule has 1 aromatic heterocycles. The van der Waals surface area contributed by atoms with Gasteiger partial charge in [0.2, 0.25) is 0 Å². The lowest BCUT2D eigenvalue weighted by Crippen LogP contribution is -2.33. The Kier molecular flexibility index (Phi) is 4.03. The Morgan fingerprint density at radius 1 is 1.53 bits per heavy atom. The van der Waals surface area contributed by atoms with E-state index in [1.165, 1.54) is 12.8 Å². The van der Waals surface area contributed by atoms with Crippen LogP contribution in [0.25, 0.3) is 0 Å². The van der Waals surface area contributed by atoms with Gasteiger partial charge in [0.25, 0.3) is 0 Å². The predicted octanol–water partition coefficient (Wildman–Crippen LogP) is 2.56. The number of rotatable bonds is 6. The second-order valence-electron chi connectivity index (χ2n) is 3.98. The van der Waals surface area contributed by atoms with E-state index in [0.717, 1.165) is 23.2 Å². The number of nitrogens with one attached hydrogen (secondary N) is 1. The molecule has 0 radical (unpaired) electrons. The van der Waals surface area contributed by atoms with Crippen molar-refractivity contribution in [2.75, 3.05) is 12.3 Å². The van der Waals surface area contributed by atoms with Crippen molar-refractivity contribution < 1.29 is 0 Å². The molecule has 1 aromatic rings. The average Bonchev–Trinajstić information content (AvgIpc) is 3.09. The quantitative estimate of drug-likeness (QED) is 0.749. The maximum atomic E-state index is 4.33. The molecule has 2 rings (SSSR count). The number of hydrogen-bond donors (Lipinski definition) is 1. The lowest BCUT2D eigenvalue weighted by molar-refractivity contribution is 0.519. The van der Waals surface area contributed by atoms with Gasteiger partial charge in [0.1, 0.15) is 0 Å². The SMILES string of the molecule is CCNC(CSc1ccccn1)C1CC1. The first kappa shape index (κ1) is 11.0. The molecule has 3 heteroatoms. The molecule has 1 aliphatic rings. The summed E-state index contributed by atoms with van der Waals surface area (Å²) in [7, 11) is 0. The second-order valence-corrected chi connectivity index (χ2v) is 5.02. The fourth-order valence-electron chi connectivity index (χ4n) is 1.73. The molecule has 15 heavy (non-hydrogen) atoms. The van der Waals surface area contributed by atoms with Crippen molar-refractivity contribution in [2.24, 2.45) is 5.92 Å². The molecule has 1 aliphatic carbocycles. The zero-order valence-electron chi connectivity index (χ0n) is 9.15. The van der Waals surface area contributed by atoms with Crippen LogP contribution < -0.4 is 5.32 Å². The van der Waals surface area contributed by atoms with Crippen LogP contribution in [-0.4, -0.2) is 23.3 Å². The maximum Gasteiger partial charge on any atom is 0.0960 e. The summed E-state index contributed by atoms with van der Waals surface area (Å²) in [5, 5.41) is 4.71. The van der Waals surface area contributed by atoms with Crippen LogP contribution >= 0.6 is 11.8 Å². The summed E-state index contributed by atoms with van der Waals surface area (Å²) in [5.41, 5.74) is 0. The fraction of sp³-hybridized carbons (Fsp3) is 0.583. The van der Waals surface area contributed by atoms with Crippen LogP contribution in [0.15, 0.2) is 29.4 Å². The first-order valence-corrected chi connectivity index (χ1v) is 6.66. The normalized spacial score (nSPS) is 17.7. The lowest BCUT2D eigenvalue weighted by Gasteiger charge is -2.16. The Balaban J connectivity index is 1.80. The van der Waals surface area contributed by atoms with E-state index in [0.29, 0.717) is 6.04 Å². The molecule has 1 atom stereocenters. The minimum absolute atomic E-state index is 0.682. The van der Waals surface area contributed by atoms with Crippen molar-refractivity contribution in [3.8, 4) is 0 Å². The van der Waals surface area contributed by atoms with Gasteiger partial charge >= 0.3 is 0 Å². The Morgan fingerprint density at radius 3 is 3.00 bits per heavy atom. The highest BCUT2D eigenvalue weighted by Gasteiger charge is 2.30. The highest BCUT2D eigenvalue weighted by molar-refractivity contribution is 7.99. The van der Waals surface area contributed by atoms with Gasteiger partial charge in [-0.2, -0.15) is 0 Å². The Morgan fingerprint density at radius 2 is 2.40 bits per heavy atom. The minimum atomic E-state index is 0.682. The van der Waals surface area contributed by atoms with E-state index in [9.17, 15) is 0 Å². The molecule has 0 aliphatic heterocycles. The number of hydrogen-bond acceptors (Lipinski definition) is 3. The van der Waals surface area contributed by atoms with Gasteiger partial charge in [0.05, 0.1) is 5.03 Å². The number of nitrogens with zero attached hydrogens (tertiary/aromatic N) is 1. The van der Waals surface area contributed by atoms with Crippen LogP contribution in [0.4, 0.5) is 0 Å².